The largest absolute Gasteiger partial charge is 0.467 e. The molecule has 0 saturated heterocycles. The molecule has 0 aromatic rings. The molecular weight excluding hydrogens is 186 g/mol. The molecule has 0 unspecified atom stereocenters. The minimum Gasteiger partial charge on any atom is -0.467 e. The summed E-state index contributed by atoms with van der Waals surface area (Å²) in [5.74, 6) is -0.415. The third-order valence-corrected chi connectivity index (χ3v) is 1.58. The Morgan fingerprint density at radius 1 is 1.43 bits per heavy atom. The maximum absolute atomic E-state index is 11.2. The van der Waals surface area contributed by atoms with Crippen LogP contribution in [0.5, 0.6) is 0 Å². The number of hydroxylamine groups is 2. The Balaban J connectivity index is 4.14. The number of carbonyl (C=O) groups excluding carboxylic acids is 1. The van der Waals surface area contributed by atoms with Crippen molar-refractivity contribution in [1.29, 1.82) is 0 Å². The zero-order chi connectivity index (χ0) is 11.2. The maximum atomic E-state index is 11.2. The van der Waals surface area contributed by atoms with E-state index in [0.29, 0.717) is 0 Å². The number of hydrogen-bond acceptors (Lipinski definition) is 6. The molecule has 0 bridgehead atoms. The first kappa shape index (κ1) is 13.0. The molecule has 0 aromatic heterocycles. The number of nitrogens with zero attached hydrogens (tertiary/aromatic N) is 3. The quantitative estimate of drug-likeness (QED) is 0.377. The molecule has 0 aliphatic carbocycles. The molecule has 0 heterocycles. The monoisotopic (exact) mass is 203 g/mol. The predicted octanol–water partition coefficient (Wildman–Crippen LogP) is 0.841. The summed E-state index contributed by atoms with van der Waals surface area (Å²) in [6, 6.07) is 0. The molecule has 0 rings (SSSR count). The van der Waals surface area contributed by atoms with E-state index in [0.717, 1.165) is 0 Å². The van der Waals surface area contributed by atoms with Crippen molar-refractivity contribution in [3.8, 4) is 0 Å². The number of hydrogen-bond donors (Lipinski definition) is 0. The predicted molar refractivity (Wildman–Crippen MR) is 50.6 cm³/mol. The number of methoxy groups -OCH3 is 1. The van der Waals surface area contributed by atoms with Crippen molar-refractivity contribution in [1.82, 2.24) is 5.06 Å². The van der Waals surface area contributed by atoms with Gasteiger partial charge in [0.1, 0.15) is 6.67 Å². The summed E-state index contributed by atoms with van der Waals surface area (Å²) in [6.07, 6.45) is 0. The van der Waals surface area contributed by atoms with E-state index in [-0.39, 0.29) is 6.67 Å². The summed E-state index contributed by atoms with van der Waals surface area (Å²) in [4.78, 5) is 16.0. The van der Waals surface area contributed by atoms with Crippen molar-refractivity contribution in [2.24, 2.45) is 10.2 Å². The molecule has 14 heavy (non-hydrogen) atoms. The van der Waals surface area contributed by atoms with Gasteiger partial charge in [-0.2, -0.15) is 15.3 Å². The standard InChI is InChI=1S/C8H17N3O3/c1-8(2,7(12)13-4)10-9-6-11(3)14-5/h6H2,1-5H3. The summed E-state index contributed by atoms with van der Waals surface area (Å²) >= 11 is 0. The molecule has 0 radical (unpaired) electrons. The Kier molecular flexibility index (Phi) is 5.26. The highest BCUT2D eigenvalue weighted by atomic mass is 16.7. The van der Waals surface area contributed by atoms with Gasteiger partial charge >= 0.3 is 5.97 Å². The van der Waals surface area contributed by atoms with Crippen molar-refractivity contribution in [3.05, 3.63) is 0 Å². The van der Waals surface area contributed by atoms with Crippen LogP contribution in [0.3, 0.4) is 0 Å². The van der Waals surface area contributed by atoms with Gasteiger partial charge in [-0.15, -0.1) is 0 Å². The summed E-state index contributed by atoms with van der Waals surface area (Å²) < 4.78 is 4.56. The molecular formula is C8H17N3O3. The van der Waals surface area contributed by atoms with Crippen LogP contribution in [0.2, 0.25) is 0 Å². The fraction of sp³-hybridized carbons (Fsp3) is 0.875. The molecule has 6 heteroatoms. The molecule has 0 fully saturated rings. The van der Waals surface area contributed by atoms with Gasteiger partial charge in [-0.1, -0.05) is 0 Å². The molecule has 0 aromatic carbocycles. The van der Waals surface area contributed by atoms with E-state index in [1.54, 1.807) is 20.9 Å². The SMILES string of the molecule is COC(=O)C(C)(C)N=NCN(C)OC. The van der Waals surface area contributed by atoms with Crippen molar-refractivity contribution >= 4 is 5.97 Å². The van der Waals surface area contributed by atoms with E-state index < -0.39 is 11.5 Å². The highest BCUT2D eigenvalue weighted by Gasteiger charge is 2.28. The van der Waals surface area contributed by atoms with Crippen molar-refractivity contribution in [3.63, 3.8) is 0 Å². The molecule has 0 amide bonds. The topological polar surface area (TPSA) is 63.5 Å². The fourth-order valence-corrected chi connectivity index (χ4v) is 0.646. The van der Waals surface area contributed by atoms with Crippen LogP contribution in [0.15, 0.2) is 10.2 Å². The van der Waals surface area contributed by atoms with Gasteiger partial charge in [0.05, 0.1) is 14.2 Å². The lowest BCUT2D eigenvalue weighted by Gasteiger charge is -2.15. The first-order valence-electron chi connectivity index (χ1n) is 4.16. The van der Waals surface area contributed by atoms with Gasteiger partial charge in [0.15, 0.2) is 5.54 Å². The average Bonchev–Trinajstić information content (AvgIpc) is 2.15. The van der Waals surface area contributed by atoms with E-state index in [2.05, 4.69) is 15.0 Å². The molecule has 0 aliphatic heterocycles. The van der Waals surface area contributed by atoms with E-state index in [1.165, 1.54) is 19.3 Å². The summed E-state index contributed by atoms with van der Waals surface area (Å²) in [5, 5.41) is 9.13. The second-order valence-electron chi connectivity index (χ2n) is 3.24. The van der Waals surface area contributed by atoms with Crippen LogP contribution >= 0.6 is 0 Å². The molecule has 82 valence electrons. The van der Waals surface area contributed by atoms with Gasteiger partial charge in [0.25, 0.3) is 0 Å². The summed E-state index contributed by atoms with van der Waals surface area (Å²) in [6.45, 7) is 3.54. The molecule has 6 nitrogen and oxygen atoms in total. The van der Waals surface area contributed by atoms with E-state index in [9.17, 15) is 4.79 Å². The zero-order valence-electron chi connectivity index (χ0n) is 9.27. The molecule has 0 spiro atoms. The van der Waals surface area contributed by atoms with Crippen LogP contribution in [0, 0.1) is 0 Å². The third kappa shape index (κ3) is 4.29. The molecule has 0 saturated carbocycles. The number of rotatable bonds is 5. The maximum Gasteiger partial charge on any atom is 0.335 e. The average molecular weight is 203 g/mol. The Labute approximate surface area is 83.8 Å². The van der Waals surface area contributed by atoms with Gasteiger partial charge < -0.3 is 9.57 Å². The highest BCUT2D eigenvalue weighted by Crippen LogP contribution is 2.11. The van der Waals surface area contributed by atoms with Gasteiger partial charge in [0, 0.05) is 7.05 Å². The van der Waals surface area contributed by atoms with E-state index in [1.807, 2.05) is 0 Å². The van der Waals surface area contributed by atoms with Crippen LogP contribution in [0.4, 0.5) is 0 Å². The van der Waals surface area contributed by atoms with Crippen LogP contribution < -0.4 is 0 Å². The lowest BCUT2D eigenvalue weighted by Crippen LogP contribution is -2.30. The number of ether oxygens (including phenoxy) is 1. The van der Waals surface area contributed by atoms with E-state index in [4.69, 9.17) is 4.84 Å². The number of azo groups is 1. The van der Waals surface area contributed by atoms with Gasteiger partial charge in [0.2, 0.25) is 0 Å². The van der Waals surface area contributed by atoms with Crippen LogP contribution in [0.25, 0.3) is 0 Å². The Hall–Kier alpha value is -1.01. The fourth-order valence-electron chi connectivity index (χ4n) is 0.646. The molecule has 0 atom stereocenters. The third-order valence-electron chi connectivity index (χ3n) is 1.58. The minimum atomic E-state index is -0.941. The van der Waals surface area contributed by atoms with E-state index >= 15 is 0 Å². The molecule has 0 aliphatic rings. The van der Waals surface area contributed by atoms with Crippen molar-refractivity contribution in [2.45, 2.75) is 19.4 Å². The highest BCUT2D eigenvalue weighted by molar-refractivity contribution is 5.79. The van der Waals surface area contributed by atoms with Gasteiger partial charge in [-0.25, -0.2) is 4.79 Å². The Morgan fingerprint density at radius 2 is 2.00 bits per heavy atom. The van der Waals surface area contributed by atoms with Crippen LogP contribution in [-0.4, -0.2) is 44.5 Å². The second kappa shape index (κ2) is 5.66. The van der Waals surface area contributed by atoms with Gasteiger partial charge in [-0.3, -0.25) is 0 Å². The molecule has 0 N–H and O–H groups in total. The number of carbonyl (C=O) groups is 1. The minimum absolute atomic E-state index is 0.275. The zero-order valence-corrected chi connectivity index (χ0v) is 9.27. The summed E-state index contributed by atoms with van der Waals surface area (Å²) in [7, 11) is 4.56. The lowest BCUT2D eigenvalue weighted by molar-refractivity contribution is -0.146. The number of esters is 1. The first-order valence-corrected chi connectivity index (χ1v) is 4.16. The smallest absolute Gasteiger partial charge is 0.335 e. The van der Waals surface area contributed by atoms with Crippen molar-refractivity contribution in [2.75, 3.05) is 27.9 Å². The van der Waals surface area contributed by atoms with Gasteiger partial charge in [-0.05, 0) is 13.8 Å². The Bertz CT molecular complexity index is 216. The Morgan fingerprint density at radius 3 is 2.43 bits per heavy atom. The van der Waals surface area contributed by atoms with Crippen molar-refractivity contribution < 1.29 is 14.4 Å². The first-order chi connectivity index (χ1) is 6.44. The second-order valence-corrected chi connectivity index (χ2v) is 3.24. The summed E-state index contributed by atoms with van der Waals surface area (Å²) in [5.41, 5.74) is -0.941. The lowest BCUT2D eigenvalue weighted by atomic mass is 10.1. The van der Waals surface area contributed by atoms with Crippen LogP contribution in [0.1, 0.15) is 13.8 Å². The normalized spacial score (nSPS) is 12.4. The van der Waals surface area contributed by atoms with Crippen LogP contribution in [-0.2, 0) is 14.4 Å².